The average Bonchev–Trinajstić information content (AvgIpc) is 2.51. The number of aromatic hydroxyl groups is 1. The maximum absolute atomic E-state index is 12.1. The molecule has 0 aliphatic rings. The van der Waals surface area contributed by atoms with E-state index in [4.69, 9.17) is 16.3 Å². The van der Waals surface area contributed by atoms with E-state index in [1.807, 2.05) is 6.92 Å². The van der Waals surface area contributed by atoms with E-state index < -0.39 is 10.0 Å². The molecule has 0 saturated carbocycles. The fourth-order valence-corrected chi connectivity index (χ4v) is 2.70. The van der Waals surface area contributed by atoms with Crippen molar-refractivity contribution in [2.24, 2.45) is 5.10 Å². The van der Waals surface area contributed by atoms with Crippen LogP contribution in [0, 0.1) is 0 Å². The summed E-state index contributed by atoms with van der Waals surface area (Å²) in [5.41, 5.74) is 0.298. The lowest BCUT2D eigenvalue weighted by Gasteiger charge is -2.06. The number of nitrogens with zero attached hydrogens (tertiary/aromatic N) is 1. The molecular weight excluding hydrogens is 340 g/mol. The third-order valence-corrected chi connectivity index (χ3v) is 4.28. The van der Waals surface area contributed by atoms with E-state index in [0.29, 0.717) is 22.9 Å². The summed E-state index contributed by atoms with van der Waals surface area (Å²) in [5.74, 6) is 0.525. The van der Waals surface area contributed by atoms with Gasteiger partial charge in [0, 0.05) is 10.6 Å². The van der Waals surface area contributed by atoms with Crippen molar-refractivity contribution >= 4 is 27.8 Å². The lowest BCUT2D eigenvalue weighted by atomic mass is 10.2. The smallest absolute Gasteiger partial charge is 0.276 e. The molecule has 6 nitrogen and oxygen atoms in total. The number of halogens is 1. The van der Waals surface area contributed by atoms with E-state index >= 15 is 0 Å². The third kappa shape index (κ3) is 4.61. The second-order valence-electron chi connectivity index (χ2n) is 4.46. The molecule has 122 valence electrons. The van der Waals surface area contributed by atoms with Crippen LogP contribution < -0.4 is 9.57 Å². The predicted octanol–water partition coefficient (Wildman–Crippen LogP) is 2.76. The Morgan fingerprint density at radius 2 is 1.96 bits per heavy atom. The molecule has 0 saturated heterocycles. The Labute approximate surface area is 139 Å². The van der Waals surface area contributed by atoms with Crippen LogP contribution in [0.4, 0.5) is 0 Å². The van der Waals surface area contributed by atoms with Gasteiger partial charge in [0.05, 0.1) is 17.7 Å². The van der Waals surface area contributed by atoms with Crippen molar-refractivity contribution in [2.45, 2.75) is 11.8 Å². The van der Waals surface area contributed by atoms with Gasteiger partial charge in [0.25, 0.3) is 10.0 Å². The highest BCUT2D eigenvalue weighted by atomic mass is 35.5. The van der Waals surface area contributed by atoms with Crippen LogP contribution in [0.3, 0.4) is 0 Å². The van der Waals surface area contributed by atoms with Crippen molar-refractivity contribution in [1.29, 1.82) is 0 Å². The number of rotatable bonds is 6. The highest BCUT2D eigenvalue weighted by molar-refractivity contribution is 7.89. The topological polar surface area (TPSA) is 88.0 Å². The van der Waals surface area contributed by atoms with Crippen LogP contribution in [0.25, 0.3) is 0 Å². The SMILES string of the molecule is CCOc1ccc(S(=O)(=O)NN=Cc2cc(Cl)ccc2O)cc1. The number of hydrazone groups is 1. The summed E-state index contributed by atoms with van der Waals surface area (Å²) in [6.45, 7) is 2.34. The zero-order valence-corrected chi connectivity index (χ0v) is 13.8. The summed E-state index contributed by atoms with van der Waals surface area (Å²) in [6, 6.07) is 10.3. The number of hydrogen-bond acceptors (Lipinski definition) is 5. The number of hydrogen-bond donors (Lipinski definition) is 2. The van der Waals surface area contributed by atoms with Gasteiger partial charge in [-0.2, -0.15) is 13.5 Å². The maximum Gasteiger partial charge on any atom is 0.276 e. The number of phenols is 1. The second kappa shape index (κ2) is 7.34. The molecule has 0 aromatic heterocycles. The summed E-state index contributed by atoms with van der Waals surface area (Å²) >= 11 is 5.80. The Kier molecular flexibility index (Phi) is 5.46. The van der Waals surface area contributed by atoms with Gasteiger partial charge in [-0.15, -0.1) is 0 Å². The average molecular weight is 355 g/mol. The highest BCUT2D eigenvalue weighted by Gasteiger charge is 2.12. The van der Waals surface area contributed by atoms with Gasteiger partial charge in [-0.1, -0.05) is 11.6 Å². The van der Waals surface area contributed by atoms with Crippen molar-refractivity contribution in [1.82, 2.24) is 4.83 Å². The van der Waals surface area contributed by atoms with E-state index in [2.05, 4.69) is 9.93 Å². The van der Waals surface area contributed by atoms with Crippen LogP contribution in [-0.2, 0) is 10.0 Å². The Balaban J connectivity index is 2.11. The molecule has 0 aliphatic carbocycles. The first-order valence-corrected chi connectivity index (χ1v) is 8.55. The van der Waals surface area contributed by atoms with Crippen molar-refractivity contribution < 1.29 is 18.3 Å². The number of phenolic OH excluding ortho intramolecular Hbond substituents is 1. The first-order chi connectivity index (χ1) is 10.9. The first kappa shape index (κ1) is 17.1. The van der Waals surface area contributed by atoms with Crippen LogP contribution >= 0.6 is 11.6 Å². The van der Waals surface area contributed by atoms with Crippen LogP contribution in [0.5, 0.6) is 11.5 Å². The van der Waals surface area contributed by atoms with Gasteiger partial charge in [-0.3, -0.25) is 0 Å². The maximum atomic E-state index is 12.1. The van der Waals surface area contributed by atoms with Gasteiger partial charge in [0.2, 0.25) is 0 Å². The molecule has 0 aliphatic heterocycles. The van der Waals surface area contributed by atoms with Crippen LogP contribution in [-0.4, -0.2) is 26.3 Å². The quantitative estimate of drug-likeness (QED) is 0.616. The van der Waals surface area contributed by atoms with Crippen molar-refractivity contribution in [3.8, 4) is 11.5 Å². The molecule has 0 radical (unpaired) electrons. The predicted molar refractivity (Wildman–Crippen MR) is 88.6 cm³/mol. The standard InChI is InChI=1S/C15H15ClN2O4S/c1-2-22-13-4-6-14(7-5-13)23(20,21)18-17-10-11-9-12(16)3-8-15(11)19/h3-10,18-19H,2H2,1H3. The minimum absolute atomic E-state index is 0.0495. The van der Waals surface area contributed by atoms with Crippen LogP contribution in [0.2, 0.25) is 5.02 Å². The molecule has 0 amide bonds. The number of benzene rings is 2. The molecule has 0 atom stereocenters. The van der Waals surface area contributed by atoms with Gasteiger partial charge in [-0.05, 0) is 49.4 Å². The van der Waals surface area contributed by atoms with Gasteiger partial charge >= 0.3 is 0 Å². The van der Waals surface area contributed by atoms with Crippen LogP contribution in [0.15, 0.2) is 52.5 Å². The van der Waals surface area contributed by atoms with E-state index in [1.54, 1.807) is 12.1 Å². The zero-order chi connectivity index (χ0) is 16.9. The molecule has 2 aromatic carbocycles. The summed E-state index contributed by atoms with van der Waals surface area (Å²) in [5, 5.41) is 13.7. The molecule has 2 N–H and O–H groups in total. The third-order valence-electron chi connectivity index (χ3n) is 2.81. The number of ether oxygens (including phenoxy) is 1. The highest BCUT2D eigenvalue weighted by Crippen LogP contribution is 2.20. The largest absolute Gasteiger partial charge is 0.507 e. The molecule has 0 fully saturated rings. The van der Waals surface area contributed by atoms with Gasteiger partial charge in [0.1, 0.15) is 11.5 Å². The fraction of sp³-hybridized carbons (Fsp3) is 0.133. The summed E-state index contributed by atoms with van der Waals surface area (Å²) in [4.78, 5) is 2.12. The molecule has 0 spiro atoms. The van der Waals surface area contributed by atoms with E-state index in [0.717, 1.165) is 0 Å². The fourth-order valence-electron chi connectivity index (χ4n) is 1.73. The Morgan fingerprint density at radius 3 is 2.61 bits per heavy atom. The minimum Gasteiger partial charge on any atom is -0.507 e. The van der Waals surface area contributed by atoms with E-state index in [1.165, 1.54) is 36.5 Å². The monoisotopic (exact) mass is 354 g/mol. The summed E-state index contributed by atoms with van der Waals surface area (Å²) in [7, 11) is -3.80. The summed E-state index contributed by atoms with van der Waals surface area (Å²) < 4.78 is 29.4. The van der Waals surface area contributed by atoms with Crippen molar-refractivity contribution in [3.63, 3.8) is 0 Å². The minimum atomic E-state index is -3.80. The molecule has 2 rings (SSSR count). The lowest BCUT2D eigenvalue weighted by molar-refractivity contribution is 0.340. The molecule has 0 heterocycles. The second-order valence-corrected chi connectivity index (χ2v) is 6.56. The Hall–Kier alpha value is -2.25. The van der Waals surface area contributed by atoms with Gasteiger partial charge in [0.15, 0.2) is 0 Å². The molecule has 0 bridgehead atoms. The molecule has 23 heavy (non-hydrogen) atoms. The van der Waals surface area contributed by atoms with Gasteiger partial charge < -0.3 is 9.84 Å². The molecule has 8 heteroatoms. The Morgan fingerprint density at radius 1 is 1.26 bits per heavy atom. The van der Waals surface area contributed by atoms with Gasteiger partial charge in [-0.25, -0.2) is 4.83 Å². The Bertz CT molecular complexity index is 805. The van der Waals surface area contributed by atoms with Crippen molar-refractivity contribution in [3.05, 3.63) is 53.1 Å². The van der Waals surface area contributed by atoms with E-state index in [9.17, 15) is 13.5 Å². The summed E-state index contributed by atoms with van der Waals surface area (Å²) in [6.07, 6.45) is 1.17. The number of sulfonamides is 1. The molecular formula is C15H15ClN2O4S. The van der Waals surface area contributed by atoms with E-state index in [-0.39, 0.29) is 10.6 Å². The first-order valence-electron chi connectivity index (χ1n) is 6.68. The normalized spacial score (nSPS) is 11.6. The molecule has 2 aromatic rings. The zero-order valence-electron chi connectivity index (χ0n) is 12.2. The lowest BCUT2D eigenvalue weighted by Crippen LogP contribution is -2.18. The number of nitrogens with one attached hydrogen (secondary N) is 1. The van der Waals surface area contributed by atoms with Crippen LogP contribution in [0.1, 0.15) is 12.5 Å². The molecule has 0 unspecified atom stereocenters. The van der Waals surface area contributed by atoms with Crippen molar-refractivity contribution in [2.75, 3.05) is 6.61 Å².